The van der Waals surface area contributed by atoms with Crippen molar-refractivity contribution in [3.8, 4) is 5.75 Å². The first-order valence-electron chi connectivity index (χ1n) is 3.85. The number of nitrogens with zero attached hydrogens (tertiary/aromatic N) is 1. The maximum absolute atomic E-state index is 10.0. The molecule has 1 aromatic carbocycles. The van der Waals surface area contributed by atoms with Gasteiger partial charge in [0, 0.05) is 5.56 Å². The van der Waals surface area contributed by atoms with E-state index in [0.29, 0.717) is 5.56 Å². The number of hydrogen-bond acceptors (Lipinski definition) is 4. The fourth-order valence-electron chi connectivity index (χ4n) is 0.783. The van der Waals surface area contributed by atoms with E-state index in [4.69, 9.17) is 5.11 Å². The normalized spacial score (nSPS) is 10.3. The summed E-state index contributed by atoms with van der Waals surface area (Å²) in [7, 11) is 0. The van der Waals surface area contributed by atoms with Gasteiger partial charge in [0.25, 0.3) is 0 Å². The summed E-state index contributed by atoms with van der Waals surface area (Å²) in [6, 6.07) is 6.52. The zero-order valence-electron chi connectivity index (χ0n) is 7.25. The molecule has 0 aliphatic heterocycles. The average molecular weight is 195 g/mol. The highest BCUT2D eigenvalue weighted by atomic mass is 16.6. The van der Waals surface area contributed by atoms with Crippen molar-refractivity contribution < 1.29 is 19.8 Å². The fraction of sp³-hybridized carbons (Fsp3) is 0.111. The molecular formula is C9H9NO4. The lowest BCUT2D eigenvalue weighted by Gasteiger charge is -1.96. The van der Waals surface area contributed by atoms with Gasteiger partial charge in [0.1, 0.15) is 5.75 Å². The SMILES string of the molecule is O=C(O)CO/N=C/c1ccccc1O. The molecule has 0 atom stereocenters. The highest BCUT2D eigenvalue weighted by Gasteiger charge is 1.96. The minimum atomic E-state index is -1.10. The van der Waals surface area contributed by atoms with Gasteiger partial charge in [-0.15, -0.1) is 0 Å². The Morgan fingerprint density at radius 3 is 2.86 bits per heavy atom. The van der Waals surface area contributed by atoms with Crippen molar-refractivity contribution in [2.45, 2.75) is 0 Å². The van der Waals surface area contributed by atoms with E-state index in [1.54, 1.807) is 18.2 Å². The predicted molar refractivity (Wildman–Crippen MR) is 49.3 cm³/mol. The van der Waals surface area contributed by atoms with Crippen LogP contribution in [0.25, 0.3) is 0 Å². The fourth-order valence-corrected chi connectivity index (χ4v) is 0.783. The number of rotatable bonds is 4. The van der Waals surface area contributed by atoms with Gasteiger partial charge in [-0.2, -0.15) is 0 Å². The Morgan fingerprint density at radius 2 is 2.21 bits per heavy atom. The first kappa shape index (κ1) is 10.0. The maximum Gasteiger partial charge on any atom is 0.344 e. The minimum Gasteiger partial charge on any atom is -0.507 e. The van der Waals surface area contributed by atoms with Crippen molar-refractivity contribution in [1.82, 2.24) is 0 Å². The average Bonchev–Trinajstić information content (AvgIpc) is 2.15. The number of phenolic OH excluding ortho intramolecular Hbond substituents is 1. The smallest absolute Gasteiger partial charge is 0.344 e. The Bertz CT molecular complexity index is 348. The van der Waals surface area contributed by atoms with Crippen LogP contribution in [0.4, 0.5) is 0 Å². The molecule has 0 unspecified atom stereocenters. The molecule has 0 heterocycles. The Kier molecular flexibility index (Phi) is 3.49. The van der Waals surface area contributed by atoms with Gasteiger partial charge in [-0.05, 0) is 12.1 Å². The second kappa shape index (κ2) is 4.86. The monoisotopic (exact) mass is 195 g/mol. The molecule has 0 fully saturated rings. The second-order valence-corrected chi connectivity index (χ2v) is 2.46. The molecule has 2 N–H and O–H groups in total. The molecule has 5 heteroatoms. The van der Waals surface area contributed by atoms with Crippen LogP contribution in [0.1, 0.15) is 5.56 Å². The van der Waals surface area contributed by atoms with E-state index in [1.165, 1.54) is 12.3 Å². The number of carbonyl (C=O) groups is 1. The lowest BCUT2D eigenvalue weighted by Crippen LogP contribution is -2.03. The summed E-state index contributed by atoms with van der Waals surface area (Å²) in [5.74, 6) is -1.03. The van der Waals surface area contributed by atoms with E-state index in [9.17, 15) is 9.90 Å². The summed E-state index contributed by atoms with van der Waals surface area (Å²) in [6.45, 7) is -0.496. The van der Waals surface area contributed by atoms with Gasteiger partial charge in [-0.25, -0.2) is 4.79 Å². The number of carboxylic acid groups (broad SMARTS) is 1. The quantitative estimate of drug-likeness (QED) is 0.550. The third kappa shape index (κ3) is 3.14. The van der Waals surface area contributed by atoms with E-state index in [0.717, 1.165) is 0 Å². The topological polar surface area (TPSA) is 79.1 Å². The van der Waals surface area contributed by atoms with Crippen LogP contribution in [0, 0.1) is 0 Å². The van der Waals surface area contributed by atoms with Crippen LogP contribution < -0.4 is 0 Å². The summed E-state index contributed by atoms with van der Waals surface area (Å²) in [5.41, 5.74) is 0.470. The van der Waals surface area contributed by atoms with E-state index in [1.807, 2.05) is 0 Å². The molecule has 74 valence electrons. The number of para-hydroxylation sites is 1. The molecule has 1 aromatic rings. The summed E-state index contributed by atoms with van der Waals surface area (Å²) in [4.78, 5) is 14.4. The lowest BCUT2D eigenvalue weighted by molar-refractivity contribution is -0.142. The molecule has 0 saturated carbocycles. The molecule has 0 radical (unpaired) electrons. The van der Waals surface area contributed by atoms with Gasteiger partial charge in [-0.3, -0.25) is 0 Å². The molecule has 0 aliphatic rings. The molecule has 0 amide bonds. The first-order chi connectivity index (χ1) is 6.70. The van der Waals surface area contributed by atoms with Gasteiger partial charge >= 0.3 is 5.97 Å². The van der Waals surface area contributed by atoms with Crippen molar-refractivity contribution in [2.75, 3.05) is 6.61 Å². The minimum absolute atomic E-state index is 0.0650. The second-order valence-electron chi connectivity index (χ2n) is 2.46. The highest BCUT2D eigenvalue weighted by molar-refractivity contribution is 5.82. The number of aliphatic carboxylic acids is 1. The van der Waals surface area contributed by atoms with Crippen molar-refractivity contribution in [3.05, 3.63) is 29.8 Å². The van der Waals surface area contributed by atoms with Crippen molar-refractivity contribution >= 4 is 12.2 Å². The van der Waals surface area contributed by atoms with Crippen LogP contribution in [0.15, 0.2) is 29.4 Å². The largest absolute Gasteiger partial charge is 0.507 e. The number of benzene rings is 1. The summed E-state index contributed by atoms with van der Waals surface area (Å²) < 4.78 is 0. The first-order valence-corrected chi connectivity index (χ1v) is 3.85. The number of phenols is 1. The Balaban J connectivity index is 2.52. The zero-order valence-corrected chi connectivity index (χ0v) is 7.25. The van der Waals surface area contributed by atoms with Gasteiger partial charge in [0.2, 0.25) is 6.61 Å². The van der Waals surface area contributed by atoms with Crippen LogP contribution in [-0.2, 0) is 9.63 Å². The third-order valence-corrected chi connectivity index (χ3v) is 1.39. The molecule has 5 nitrogen and oxygen atoms in total. The third-order valence-electron chi connectivity index (χ3n) is 1.39. The Hall–Kier alpha value is -2.04. The van der Waals surface area contributed by atoms with Crippen LogP contribution in [0.5, 0.6) is 5.75 Å². The van der Waals surface area contributed by atoms with E-state index < -0.39 is 12.6 Å². The van der Waals surface area contributed by atoms with Crippen LogP contribution in [-0.4, -0.2) is 29.0 Å². The molecule has 0 bridgehead atoms. The van der Waals surface area contributed by atoms with Gasteiger partial charge in [-0.1, -0.05) is 17.3 Å². The van der Waals surface area contributed by atoms with E-state index >= 15 is 0 Å². The molecule has 0 aromatic heterocycles. The summed E-state index contributed by atoms with van der Waals surface area (Å²) in [6.07, 6.45) is 1.25. The van der Waals surface area contributed by atoms with Gasteiger partial charge in [0.15, 0.2) is 0 Å². The summed E-state index contributed by atoms with van der Waals surface area (Å²) >= 11 is 0. The number of hydrogen-bond donors (Lipinski definition) is 2. The summed E-state index contributed by atoms with van der Waals surface area (Å²) in [5, 5.41) is 20.8. The standard InChI is InChI=1S/C9H9NO4/c11-8-4-2-1-3-7(8)5-10-14-6-9(12)13/h1-5,11H,6H2,(H,12,13)/b10-5+. The molecule has 1 rings (SSSR count). The van der Waals surface area contributed by atoms with Gasteiger partial charge in [0.05, 0.1) is 6.21 Å². The van der Waals surface area contributed by atoms with E-state index in [-0.39, 0.29) is 5.75 Å². The van der Waals surface area contributed by atoms with Gasteiger partial charge < -0.3 is 15.1 Å². The Morgan fingerprint density at radius 1 is 1.50 bits per heavy atom. The maximum atomic E-state index is 10.0. The number of carboxylic acids is 1. The molecule has 0 spiro atoms. The number of aromatic hydroxyl groups is 1. The van der Waals surface area contributed by atoms with Crippen molar-refractivity contribution in [3.63, 3.8) is 0 Å². The zero-order chi connectivity index (χ0) is 10.4. The molecule has 0 saturated heterocycles. The Labute approximate surface area is 80.2 Å². The molecule has 0 aliphatic carbocycles. The predicted octanol–water partition coefficient (Wildman–Crippen LogP) is 0.827. The molecular weight excluding hydrogens is 186 g/mol. The molecule has 14 heavy (non-hydrogen) atoms. The van der Waals surface area contributed by atoms with E-state index in [2.05, 4.69) is 9.99 Å². The van der Waals surface area contributed by atoms with Crippen LogP contribution in [0.3, 0.4) is 0 Å². The van der Waals surface area contributed by atoms with Crippen molar-refractivity contribution in [2.24, 2.45) is 5.16 Å². The highest BCUT2D eigenvalue weighted by Crippen LogP contribution is 2.12. The lowest BCUT2D eigenvalue weighted by atomic mass is 10.2. The van der Waals surface area contributed by atoms with Crippen LogP contribution >= 0.6 is 0 Å². The van der Waals surface area contributed by atoms with Crippen molar-refractivity contribution in [1.29, 1.82) is 0 Å². The van der Waals surface area contributed by atoms with Crippen LogP contribution in [0.2, 0.25) is 0 Å². The number of oxime groups is 1.